The summed E-state index contributed by atoms with van der Waals surface area (Å²) < 4.78 is 7.55. The monoisotopic (exact) mass is 225 g/mol. The third-order valence-corrected chi connectivity index (χ3v) is 2.52. The molecule has 1 atom stereocenters. The van der Waals surface area contributed by atoms with Crippen LogP contribution in [0.15, 0.2) is 18.5 Å². The van der Waals surface area contributed by atoms with Gasteiger partial charge in [-0.3, -0.25) is 0 Å². The number of nitrogens with zero attached hydrogens (tertiary/aromatic N) is 1. The minimum atomic E-state index is -0.322. The van der Waals surface area contributed by atoms with Crippen molar-refractivity contribution in [2.45, 2.75) is 52.4 Å². The fraction of sp³-hybridized carbons (Fsp3) is 0.692. The number of aliphatic hydroxyl groups is 1. The van der Waals surface area contributed by atoms with Crippen LogP contribution >= 0.6 is 0 Å². The Kier molecular flexibility index (Phi) is 5.56. The minimum absolute atomic E-state index is 0.278. The van der Waals surface area contributed by atoms with Gasteiger partial charge in [0.2, 0.25) is 0 Å². The molecule has 0 spiro atoms. The van der Waals surface area contributed by atoms with Crippen LogP contribution in [0, 0.1) is 0 Å². The van der Waals surface area contributed by atoms with E-state index in [0.29, 0.717) is 0 Å². The SMILES string of the molecule is CCCC(O)c1ccn(CCOC(C)C)c1. The largest absolute Gasteiger partial charge is 0.388 e. The first-order valence-corrected chi connectivity index (χ1v) is 6.08. The highest BCUT2D eigenvalue weighted by Gasteiger charge is 2.07. The van der Waals surface area contributed by atoms with Crippen molar-refractivity contribution < 1.29 is 9.84 Å². The molecule has 3 heteroatoms. The van der Waals surface area contributed by atoms with Crippen molar-refractivity contribution >= 4 is 0 Å². The zero-order valence-corrected chi connectivity index (χ0v) is 10.5. The first kappa shape index (κ1) is 13.3. The summed E-state index contributed by atoms with van der Waals surface area (Å²) in [6.45, 7) is 7.71. The topological polar surface area (TPSA) is 34.4 Å². The highest BCUT2D eigenvalue weighted by Crippen LogP contribution is 2.18. The molecule has 0 aromatic carbocycles. The van der Waals surface area contributed by atoms with Gasteiger partial charge in [-0.2, -0.15) is 0 Å². The Hall–Kier alpha value is -0.800. The molecule has 1 N–H and O–H groups in total. The summed E-state index contributed by atoms with van der Waals surface area (Å²) in [4.78, 5) is 0. The molecular weight excluding hydrogens is 202 g/mol. The minimum Gasteiger partial charge on any atom is -0.388 e. The molecule has 1 rings (SSSR count). The van der Waals surface area contributed by atoms with Gasteiger partial charge in [-0.1, -0.05) is 13.3 Å². The standard InChI is InChI=1S/C13H23NO2/c1-4-5-13(15)12-6-7-14(10-12)8-9-16-11(2)3/h6-7,10-11,13,15H,4-5,8-9H2,1-3H3. The van der Waals surface area contributed by atoms with Gasteiger partial charge >= 0.3 is 0 Å². The van der Waals surface area contributed by atoms with Crippen molar-refractivity contribution in [1.29, 1.82) is 0 Å². The second-order valence-corrected chi connectivity index (χ2v) is 4.41. The number of ether oxygens (including phenoxy) is 1. The Morgan fingerprint density at radius 1 is 1.44 bits per heavy atom. The third-order valence-electron chi connectivity index (χ3n) is 2.52. The summed E-state index contributed by atoms with van der Waals surface area (Å²) in [5.41, 5.74) is 1.01. The van der Waals surface area contributed by atoms with E-state index in [-0.39, 0.29) is 12.2 Å². The lowest BCUT2D eigenvalue weighted by atomic mass is 10.1. The van der Waals surface area contributed by atoms with Gasteiger partial charge in [-0.25, -0.2) is 0 Å². The lowest BCUT2D eigenvalue weighted by molar-refractivity contribution is 0.0727. The van der Waals surface area contributed by atoms with Gasteiger partial charge < -0.3 is 14.4 Å². The Balaban J connectivity index is 2.39. The van der Waals surface area contributed by atoms with E-state index in [0.717, 1.165) is 31.6 Å². The number of hydrogen-bond donors (Lipinski definition) is 1. The molecule has 1 aromatic heterocycles. The van der Waals surface area contributed by atoms with E-state index in [4.69, 9.17) is 4.74 Å². The highest BCUT2D eigenvalue weighted by molar-refractivity contribution is 5.13. The molecule has 1 aromatic rings. The molecule has 92 valence electrons. The van der Waals surface area contributed by atoms with Gasteiger partial charge in [-0.15, -0.1) is 0 Å². The average molecular weight is 225 g/mol. The van der Waals surface area contributed by atoms with Crippen molar-refractivity contribution in [3.63, 3.8) is 0 Å². The predicted octanol–water partition coefficient (Wildman–Crippen LogP) is 2.75. The van der Waals surface area contributed by atoms with E-state index in [9.17, 15) is 5.11 Å². The second kappa shape index (κ2) is 6.71. The Morgan fingerprint density at radius 3 is 2.81 bits per heavy atom. The zero-order valence-electron chi connectivity index (χ0n) is 10.5. The normalized spacial score (nSPS) is 13.3. The first-order chi connectivity index (χ1) is 7.63. The van der Waals surface area contributed by atoms with Crippen LogP contribution in [0.2, 0.25) is 0 Å². The lowest BCUT2D eigenvalue weighted by Gasteiger charge is -2.08. The van der Waals surface area contributed by atoms with Crippen LogP contribution in [-0.4, -0.2) is 22.4 Å². The third kappa shape index (κ3) is 4.37. The molecule has 0 fully saturated rings. The maximum atomic E-state index is 9.80. The smallest absolute Gasteiger partial charge is 0.0804 e. The van der Waals surface area contributed by atoms with Crippen LogP contribution in [0.5, 0.6) is 0 Å². The Morgan fingerprint density at radius 2 is 2.19 bits per heavy atom. The Labute approximate surface area is 98.0 Å². The predicted molar refractivity (Wildman–Crippen MR) is 65.4 cm³/mol. The second-order valence-electron chi connectivity index (χ2n) is 4.41. The molecule has 1 heterocycles. The van der Waals surface area contributed by atoms with Gasteiger partial charge in [0.05, 0.1) is 18.8 Å². The van der Waals surface area contributed by atoms with Crippen LogP contribution in [0.4, 0.5) is 0 Å². The van der Waals surface area contributed by atoms with E-state index < -0.39 is 0 Å². The number of aliphatic hydroxyl groups excluding tert-OH is 1. The molecule has 0 radical (unpaired) electrons. The summed E-state index contributed by atoms with van der Waals surface area (Å²) >= 11 is 0. The van der Waals surface area contributed by atoms with Crippen LogP contribution in [0.25, 0.3) is 0 Å². The maximum absolute atomic E-state index is 9.80. The molecule has 0 aliphatic rings. The van der Waals surface area contributed by atoms with E-state index in [2.05, 4.69) is 11.5 Å². The van der Waals surface area contributed by atoms with Crippen molar-refractivity contribution in [1.82, 2.24) is 4.57 Å². The first-order valence-electron chi connectivity index (χ1n) is 6.08. The van der Waals surface area contributed by atoms with E-state index in [1.54, 1.807) is 0 Å². The van der Waals surface area contributed by atoms with E-state index in [1.165, 1.54) is 0 Å². The van der Waals surface area contributed by atoms with Crippen molar-refractivity contribution in [2.75, 3.05) is 6.61 Å². The van der Waals surface area contributed by atoms with Gasteiger partial charge in [0, 0.05) is 18.9 Å². The molecule has 16 heavy (non-hydrogen) atoms. The fourth-order valence-corrected chi connectivity index (χ4v) is 1.63. The van der Waals surface area contributed by atoms with Crippen molar-refractivity contribution in [2.24, 2.45) is 0 Å². The summed E-state index contributed by atoms with van der Waals surface area (Å²) in [6, 6.07) is 1.98. The zero-order chi connectivity index (χ0) is 12.0. The molecule has 0 saturated heterocycles. The van der Waals surface area contributed by atoms with Gasteiger partial charge in [0.15, 0.2) is 0 Å². The maximum Gasteiger partial charge on any atom is 0.0804 e. The quantitative estimate of drug-likeness (QED) is 0.774. The molecule has 0 aliphatic carbocycles. The lowest BCUT2D eigenvalue weighted by Crippen LogP contribution is -2.09. The van der Waals surface area contributed by atoms with Crippen molar-refractivity contribution in [3.8, 4) is 0 Å². The summed E-state index contributed by atoms with van der Waals surface area (Å²) in [5, 5.41) is 9.80. The van der Waals surface area contributed by atoms with Crippen LogP contribution in [-0.2, 0) is 11.3 Å². The Bertz CT molecular complexity index is 294. The van der Waals surface area contributed by atoms with Crippen LogP contribution in [0.1, 0.15) is 45.3 Å². The number of rotatable bonds is 7. The number of hydrogen-bond acceptors (Lipinski definition) is 2. The van der Waals surface area contributed by atoms with Gasteiger partial charge in [-0.05, 0) is 31.9 Å². The van der Waals surface area contributed by atoms with Crippen LogP contribution < -0.4 is 0 Å². The molecule has 0 bridgehead atoms. The highest BCUT2D eigenvalue weighted by atomic mass is 16.5. The number of aromatic nitrogens is 1. The molecule has 1 unspecified atom stereocenters. The average Bonchev–Trinajstić information content (AvgIpc) is 2.66. The fourth-order valence-electron chi connectivity index (χ4n) is 1.63. The van der Waals surface area contributed by atoms with Gasteiger partial charge in [0.25, 0.3) is 0 Å². The van der Waals surface area contributed by atoms with Crippen molar-refractivity contribution in [3.05, 3.63) is 24.0 Å². The molecule has 3 nitrogen and oxygen atoms in total. The summed E-state index contributed by atoms with van der Waals surface area (Å²) in [5.74, 6) is 0. The van der Waals surface area contributed by atoms with E-state index >= 15 is 0 Å². The summed E-state index contributed by atoms with van der Waals surface area (Å²) in [6.07, 6.45) is 5.79. The molecular formula is C13H23NO2. The molecule has 0 saturated carbocycles. The summed E-state index contributed by atoms with van der Waals surface area (Å²) in [7, 11) is 0. The van der Waals surface area contributed by atoms with Crippen LogP contribution in [0.3, 0.4) is 0 Å². The van der Waals surface area contributed by atoms with Gasteiger partial charge in [0.1, 0.15) is 0 Å². The van der Waals surface area contributed by atoms with E-state index in [1.807, 2.05) is 32.3 Å². The molecule has 0 aliphatic heterocycles. The molecule has 0 amide bonds.